The molecule has 2 N–H and O–H groups in total. The van der Waals surface area contributed by atoms with Crippen LogP contribution in [0, 0.1) is 6.92 Å². The number of H-pyrrole nitrogens is 1. The number of aryl methyl sites for hydroxylation is 1. The fraction of sp³-hybridized carbons (Fsp3) is 0.389. The topological polar surface area (TPSA) is 48.1 Å². The molecule has 1 fully saturated rings. The second kappa shape index (κ2) is 7.60. The Kier molecular flexibility index (Phi) is 5.49. The Morgan fingerprint density at radius 3 is 2.67 bits per heavy atom. The number of nitrogens with zero attached hydrogens (tertiary/aromatic N) is 1. The van der Waals surface area contributed by atoms with E-state index in [9.17, 15) is 4.79 Å². The van der Waals surface area contributed by atoms with Crippen molar-refractivity contribution in [3.63, 3.8) is 0 Å². The van der Waals surface area contributed by atoms with Crippen LogP contribution in [-0.4, -0.2) is 34.9 Å². The molecule has 1 aliphatic heterocycles. The number of hydrogen-bond donors (Lipinski definition) is 2. The first-order chi connectivity index (χ1) is 11.5. The van der Waals surface area contributed by atoms with Gasteiger partial charge in [0.2, 0.25) is 0 Å². The molecule has 6 heteroatoms. The quantitative estimate of drug-likeness (QED) is 0.859. The molecule has 1 saturated heterocycles. The SMILES string of the molecule is Cc1cccc(CN2CCC(NC(=O)c3cc(Cl)c(Cl)[nH]3)CC2)c1. The first kappa shape index (κ1) is 17.3. The van der Waals surface area contributed by atoms with Crippen molar-refractivity contribution in [2.24, 2.45) is 0 Å². The van der Waals surface area contributed by atoms with Crippen molar-refractivity contribution >= 4 is 29.1 Å². The smallest absolute Gasteiger partial charge is 0.268 e. The first-order valence-electron chi connectivity index (χ1n) is 8.14. The highest BCUT2D eigenvalue weighted by atomic mass is 35.5. The van der Waals surface area contributed by atoms with E-state index in [1.54, 1.807) is 6.07 Å². The number of nitrogens with one attached hydrogen (secondary N) is 2. The maximum atomic E-state index is 12.2. The van der Waals surface area contributed by atoms with Crippen molar-refractivity contribution in [3.05, 3.63) is 57.3 Å². The molecule has 0 bridgehead atoms. The molecule has 1 aliphatic rings. The number of piperidine rings is 1. The third-order valence-electron chi connectivity index (χ3n) is 4.38. The normalized spacial score (nSPS) is 16.3. The highest BCUT2D eigenvalue weighted by Gasteiger charge is 2.22. The van der Waals surface area contributed by atoms with Crippen molar-refractivity contribution in [1.29, 1.82) is 0 Å². The van der Waals surface area contributed by atoms with E-state index < -0.39 is 0 Å². The summed E-state index contributed by atoms with van der Waals surface area (Å²) in [5.74, 6) is -0.152. The van der Waals surface area contributed by atoms with Crippen LogP contribution >= 0.6 is 23.2 Å². The molecule has 0 aliphatic carbocycles. The Hall–Kier alpha value is -1.49. The molecule has 24 heavy (non-hydrogen) atoms. The van der Waals surface area contributed by atoms with Gasteiger partial charge in [-0.15, -0.1) is 0 Å². The number of halogens is 2. The van der Waals surface area contributed by atoms with Crippen LogP contribution in [0.2, 0.25) is 10.2 Å². The van der Waals surface area contributed by atoms with Crippen LogP contribution in [0.4, 0.5) is 0 Å². The minimum absolute atomic E-state index is 0.152. The van der Waals surface area contributed by atoms with Gasteiger partial charge >= 0.3 is 0 Å². The number of aromatic nitrogens is 1. The van der Waals surface area contributed by atoms with Crippen LogP contribution in [0.3, 0.4) is 0 Å². The van der Waals surface area contributed by atoms with E-state index in [0.29, 0.717) is 15.9 Å². The van der Waals surface area contributed by atoms with Gasteiger partial charge in [-0.2, -0.15) is 0 Å². The maximum Gasteiger partial charge on any atom is 0.268 e. The number of hydrogen-bond acceptors (Lipinski definition) is 2. The minimum Gasteiger partial charge on any atom is -0.348 e. The van der Waals surface area contributed by atoms with Gasteiger partial charge in [0.15, 0.2) is 0 Å². The first-order valence-corrected chi connectivity index (χ1v) is 8.89. The Morgan fingerprint density at radius 1 is 1.29 bits per heavy atom. The number of carbonyl (C=O) groups is 1. The van der Waals surface area contributed by atoms with Gasteiger partial charge in [-0.3, -0.25) is 9.69 Å². The fourth-order valence-electron chi connectivity index (χ4n) is 3.09. The Bertz CT molecular complexity index is 701. The van der Waals surface area contributed by atoms with E-state index in [-0.39, 0.29) is 11.9 Å². The summed E-state index contributed by atoms with van der Waals surface area (Å²) >= 11 is 11.7. The van der Waals surface area contributed by atoms with Crippen molar-refractivity contribution < 1.29 is 4.79 Å². The summed E-state index contributed by atoms with van der Waals surface area (Å²) < 4.78 is 0. The Morgan fingerprint density at radius 2 is 2.04 bits per heavy atom. The molecule has 0 radical (unpaired) electrons. The number of rotatable bonds is 4. The lowest BCUT2D eigenvalue weighted by atomic mass is 10.0. The van der Waals surface area contributed by atoms with Crippen molar-refractivity contribution in [2.75, 3.05) is 13.1 Å². The molecule has 2 aromatic rings. The molecule has 2 heterocycles. The molecule has 0 atom stereocenters. The van der Waals surface area contributed by atoms with Crippen molar-refractivity contribution in [1.82, 2.24) is 15.2 Å². The van der Waals surface area contributed by atoms with E-state index >= 15 is 0 Å². The van der Waals surface area contributed by atoms with Gasteiger partial charge in [-0.25, -0.2) is 0 Å². The number of likely N-dealkylation sites (tertiary alicyclic amines) is 1. The summed E-state index contributed by atoms with van der Waals surface area (Å²) in [5.41, 5.74) is 3.04. The average Bonchev–Trinajstić information content (AvgIpc) is 2.89. The summed E-state index contributed by atoms with van der Waals surface area (Å²) in [5, 5.41) is 3.73. The van der Waals surface area contributed by atoms with Crippen LogP contribution in [0.25, 0.3) is 0 Å². The summed E-state index contributed by atoms with van der Waals surface area (Å²) in [4.78, 5) is 17.4. The monoisotopic (exact) mass is 365 g/mol. The zero-order chi connectivity index (χ0) is 17.1. The summed E-state index contributed by atoms with van der Waals surface area (Å²) in [7, 11) is 0. The van der Waals surface area contributed by atoms with Gasteiger partial charge in [0.1, 0.15) is 10.8 Å². The summed E-state index contributed by atoms with van der Waals surface area (Å²) in [6.07, 6.45) is 1.89. The predicted octanol–water partition coefficient (Wildman–Crippen LogP) is 4.02. The van der Waals surface area contributed by atoms with Crippen LogP contribution in [0.1, 0.15) is 34.5 Å². The van der Waals surface area contributed by atoms with Gasteiger partial charge in [-0.1, -0.05) is 53.0 Å². The summed E-state index contributed by atoms with van der Waals surface area (Å²) in [6.45, 7) is 5.03. The zero-order valence-electron chi connectivity index (χ0n) is 13.6. The highest BCUT2D eigenvalue weighted by molar-refractivity contribution is 6.41. The summed E-state index contributed by atoms with van der Waals surface area (Å²) in [6, 6.07) is 10.4. The molecule has 0 unspecified atom stereocenters. The molecule has 0 saturated carbocycles. The molecule has 128 valence electrons. The van der Waals surface area contributed by atoms with Gasteiger partial charge in [0.05, 0.1) is 5.02 Å². The van der Waals surface area contributed by atoms with Gasteiger partial charge in [-0.05, 0) is 31.4 Å². The van der Waals surface area contributed by atoms with Gasteiger partial charge in [0, 0.05) is 25.7 Å². The minimum atomic E-state index is -0.152. The maximum absolute atomic E-state index is 12.2. The standard InChI is InChI=1S/C18H21Cl2N3O/c1-12-3-2-4-13(9-12)11-23-7-5-14(6-8-23)21-18(24)16-10-15(19)17(20)22-16/h2-4,9-10,14,22H,5-8,11H2,1H3,(H,21,24). The van der Waals surface area contributed by atoms with Gasteiger partial charge < -0.3 is 10.3 Å². The molecular weight excluding hydrogens is 345 g/mol. The highest BCUT2D eigenvalue weighted by Crippen LogP contribution is 2.22. The van der Waals surface area contributed by atoms with E-state index in [4.69, 9.17) is 23.2 Å². The van der Waals surface area contributed by atoms with Crippen molar-refractivity contribution in [2.45, 2.75) is 32.4 Å². The number of amides is 1. The lowest BCUT2D eigenvalue weighted by Crippen LogP contribution is -2.44. The van der Waals surface area contributed by atoms with Crippen LogP contribution in [-0.2, 0) is 6.54 Å². The number of benzene rings is 1. The largest absolute Gasteiger partial charge is 0.348 e. The second-order valence-corrected chi connectivity index (χ2v) is 7.14. The lowest BCUT2D eigenvalue weighted by molar-refractivity contribution is 0.0904. The molecule has 3 rings (SSSR count). The fourth-order valence-corrected chi connectivity index (χ4v) is 3.41. The number of carbonyl (C=O) groups excluding carboxylic acids is 1. The lowest BCUT2D eigenvalue weighted by Gasteiger charge is -2.32. The third kappa shape index (κ3) is 4.32. The molecular formula is C18H21Cl2N3O. The molecule has 1 aromatic carbocycles. The molecule has 0 spiro atoms. The van der Waals surface area contributed by atoms with E-state index in [0.717, 1.165) is 32.5 Å². The predicted molar refractivity (Wildman–Crippen MR) is 97.8 cm³/mol. The van der Waals surface area contributed by atoms with Crippen LogP contribution < -0.4 is 5.32 Å². The molecule has 1 amide bonds. The van der Waals surface area contributed by atoms with Crippen LogP contribution in [0.5, 0.6) is 0 Å². The second-order valence-electron chi connectivity index (χ2n) is 6.36. The van der Waals surface area contributed by atoms with Gasteiger partial charge in [0.25, 0.3) is 5.91 Å². The van der Waals surface area contributed by atoms with Crippen LogP contribution in [0.15, 0.2) is 30.3 Å². The zero-order valence-corrected chi connectivity index (χ0v) is 15.1. The third-order valence-corrected chi connectivity index (χ3v) is 5.07. The van der Waals surface area contributed by atoms with E-state index in [2.05, 4.69) is 46.4 Å². The van der Waals surface area contributed by atoms with Crippen molar-refractivity contribution in [3.8, 4) is 0 Å². The van der Waals surface area contributed by atoms with E-state index in [1.807, 2.05) is 0 Å². The van der Waals surface area contributed by atoms with E-state index in [1.165, 1.54) is 11.1 Å². The molecule has 4 nitrogen and oxygen atoms in total. The molecule has 1 aromatic heterocycles. The number of aromatic amines is 1. The Balaban J connectivity index is 1.49. The average molecular weight is 366 g/mol. The Labute approximate surface area is 152 Å².